The number of hydrogen-bond donors (Lipinski definition) is 3. The van der Waals surface area contributed by atoms with Crippen LogP contribution >= 0.6 is 0 Å². The Bertz CT molecular complexity index is 604. The largest absolute Gasteiger partial charge is 0.476 e. The van der Waals surface area contributed by atoms with Gasteiger partial charge in [0.25, 0.3) is 0 Å². The molecule has 110 valence electrons. The second-order valence-corrected chi connectivity index (χ2v) is 4.21. The summed E-state index contributed by atoms with van der Waals surface area (Å²) in [5.74, 6) is 0.388. The minimum atomic E-state index is -0.197. The van der Waals surface area contributed by atoms with E-state index in [2.05, 4.69) is 20.8 Å². The number of hydrazine groups is 1. The maximum absolute atomic E-state index is 11.8. The molecule has 0 aliphatic rings. The van der Waals surface area contributed by atoms with Crippen LogP contribution in [-0.4, -0.2) is 22.5 Å². The number of benzene rings is 1. The first-order valence-corrected chi connectivity index (χ1v) is 6.52. The quantitative estimate of drug-likeness (QED) is 0.689. The Labute approximate surface area is 122 Å². The van der Waals surface area contributed by atoms with Crippen LogP contribution in [0, 0.1) is 0 Å². The van der Waals surface area contributed by atoms with Crippen LogP contribution in [0.5, 0.6) is 5.88 Å². The van der Waals surface area contributed by atoms with Gasteiger partial charge in [-0.05, 0) is 12.5 Å². The molecule has 2 rings (SSSR count). The number of carbonyl (C=O) groups excluding carboxylic acids is 1. The van der Waals surface area contributed by atoms with Crippen LogP contribution in [0.2, 0.25) is 0 Å². The van der Waals surface area contributed by atoms with Gasteiger partial charge in [0, 0.05) is 0 Å². The van der Waals surface area contributed by atoms with Crippen molar-refractivity contribution in [1.29, 1.82) is 0 Å². The van der Waals surface area contributed by atoms with E-state index in [1.165, 1.54) is 6.33 Å². The van der Waals surface area contributed by atoms with Crippen LogP contribution in [0.1, 0.15) is 12.5 Å². The molecule has 0 radical (unpaired) electrons. The van der Waals surface area contributed by atoms with Crippen LogP contribution in [0.25, 0.3) is 0 Å². The fraction of sp³-hybridized carbons (Fsp3) is 0.214. The predicted octanol–water partition coefficient (Wildman–Crippen LogP) is 1.14. The Kier molecular flexibility index (Phi) is 4.92. The highest BCUT2D eigenvalue weighted by Crippen LogP contribution is 2.23. The van der Waals surface area contributed by atoms with Gasteiger partial charge in [-0.25, -0.2) is 4.98 Å². The number of amides is 1. The lowest BCUT2D eigenvalue weighted by molar-refractivity contribution is -0.119. The SMILES string of the molecule is CCOc1ncnc(NNC(=O)Cc2ccccc2)c1N. The number of nitrogens with two attached hydrogens (primary N) is 1. The Morgan fingerprint density at radius 1 is 1.29 bits per heavy atom. The van der Waals surface area contributed by atoms with Crippen molar-refractivity contribution in [3.8, 4) is 5.88 Å². The van der Waals surface area contributed by atoms with Crippen molar-refractivity contribution in [3.63, 3.8) is 0 Å². The van der Waals surface area contributed by atoms with Crippen molar-refractivity contribution in [2.75, 3.05) is 17.8 Å². The number of nitrogens with one attached hydrogen (secondary N) is 2. The number of aromatic nitrogens is 2. The predicted molar refractivity (Wildman–Crippen MR) is 79.5 cm³/mol. The normalized spacial score (nSPS) is 9.95. The number of rotatable bonds is 6. The van der Waals surface area contributed by atoms with E-state index in [0.29, 0.717) is 12.4 Å². The summed E-state index contributed by atoms with van der Waals surface area (Å²) in [7, 11) is 0. The van der Waals surface area contributed by atoms with Crippen molar-refractivity contribution >= 4 is 17.4 Å². The van der Waals surface area contributed by atoms with Gasteiger partial charge in [-0.2, -0.15) is 4.98 Å². The molecule has 1 heterocycles. The first-order valence-electron chi connectivity index (χ1n) is 6.52. The number of hydrogen-bond acceptors (Lipinski definition) is 6. The molecule has 7 nitrogen and oxygen atoms in total. The molecule has 0 fully saturated rings. The van der Waals surface area contributed by atoms with Gasteiger partial charge >= 0.3 is 0 Å². The molecule has 0 atom stereocenters. The van der Waals surface area contributed by atoms with Crippen LogP contribution in [-0.2, 0) is 11.2 Å². The summed E-state index contributed by atoms with van der Waals surface area (Å²) >= 11 is 0. The summed E-state index contributed by atoms with van der Waals surface area (Å²) < 4.78 is 5.25. The minimum absolute atomic E-state index is 0.197. The molecule has 7 heteroatoms. The molecule has 21 heavy (non-hydrogen) atoms. The molecule has 0 aliphatic carbocycles. The summed E-state index contributed by atoms with van der Waals surface area (Å²) in [6, 6.07) is 9.42. The summed E-state index contributed by atoms with van der Waals surface area (Å²) in [5.41, 5.74) is 12.2. The fourth-order valence-electron chi connectivity index (χ4n) is 1.69. The highest BCUT2D eigenvalue weighted by atomic mass is 16.5. The Morgan fingerprint density at radius 2 is 2.05 bits per heavy atom. The maximum Gasteiger partial charge on any atom is 0.242 e. The highest BCUT2D eigenvalue weighted by Gasteiger charge is 2.09. The first kappa shape index (κ1) is 14.6. The molecule has 0 saturated carbocycles. The number of ether oxygens (including phenoxy) is 1. The average molecular weight is 287 g/mol. The Balaban J connectivity index is 1.94. The van der Waals surface area contributed by atoms with E-state index in [9.17, 15) is 4.79 Å². The van der Waals surface area contributed by atoms with E-state index in [-0.39, 0.29) is 23.9 Å². The van der Waals surface area contributed by atoms with Gasteiger partial charge in [0.05, 0.1) is 13.0 Å². The van der Waals surface area contributed by atoms with Gasteiger partial charge in [0.15, 0.2) is 5.82 Å². The van der Waals surface area contributed by atoms with Crippen LogP contribution in [0.4, 0.5) is 11.5 Å². The summed E-state index contributed by atoms with van der Waals surface area (Å²) in [6.07, 6.45) is 1.57. The van der Waals surface area contributed by atoms with Crippen molar-refractivity contribution in [2.45, 2.75) is 13.3 Å². The van der Waals surface area contributed by atoms with E-state index < -0.39 is 0 Å². The molecule has 0 spiro atoms. The van der Waals surface area contributed by atoms with Crippen LogP contribution < -0.4 is 21.3 Å². The standard InChI is InChI=1S/C14H17N5O2/c1-2-21-14-12(15)13(16-9-17-14)19-18-11(20)8-10-6-4-3-5-7-10/h3-7,9H,2,8,15H2,1H3,(H,18,20)(H,16,17,19). The molecule has 1 aromatic heterocycles. The number of nitrogen functional groups attached to an aromatic ring is 1. The Hall–Kier alpha value is -2.83. The second-order valence-electron chi connectivity index (χ2n) is 4.21. The third-order valence-corrected chi connectivity index (χ3v) is 2.66. The van der Waals surface area contributed by atoms with Gasteiger partial charge in [-0.1, -0.05) is 30.3 Å². The van der Waals surface area contributed by atoms with E-state index >= 15 is 0 Å². The zero-order valence-electron chi connectivity index (χ0n) is 11.7. The molecule has 0 bridgehead atoms. The van der Waals surface area contributed by atoms with Gasteiger partial charge in [-0.15, -0.1) is 0 Å². The van der Waals surface area contributed by atoms with E-state index in [4.69, 9.17) is 10.5 Å². The molecular weight excluding hydrogens is 270 g/mol. The van der Waals surface area contributed by atoms with Crippen molar-refractivity contribution in [1.82, 2.24) is 15.4 Å². The van der Waals surface area contributed by atoms with Crippen LogP contribution in [0.15, 0.2) is 36.7 Å². The molecule has 0 unspecified atom stereocenters. The topological polar surface area (TPSA) is 102 Å². The lowest BCUT2D eigenvalue weighted by Crippen LogP contribution is -2.31. The summed E-state index contributed by atoms with van der Waals surface area (Å²) in [6.45, 7) is 2.28. The number of carbonyl (C=O) groups is 1. The maximum atomic E-state index is 11.8. The molecule has 2 aromatic rings. The monoisotopic (exact) mass is 287 g/mol. The minimum Gasteiger partial charge on any atom is -0.476 e. The second kappa shape index (κ2) is 7.09. The van der Waals surface area contributed by atoms with Gasteiger partial charge in [0.1, 0.15) is 12.0 Å². The van der Waals surface area contributed by atoms with Crippen molar-refractivity contribution < 1.29 is 9.53 Å². The highest BCUT2D eigenvalue weighted by molar-refractivity contribution is 5.80. The van der Waals surface area contributed by atoms with Gasteiger partial charge in [-0.3, -0.25) is 15.6 Å². The zero-order chi connectivity index (χ0) is 15.1. The van der Waals surface area contributed by atoms with Crippen LogP contribution in [0.3, 0.4) is 0 Å². The van der Waals surface area contributed by atoms with Crippen molar-refractivity contribution in [2.24, 2.45) is 0 Å². The molecule has 0 saturated heterocycles. The summed E-state index contributed by atoms with van der Waals surface area (Å²) in [5, 5.41) is 0. The molecule has 1 amide bonds. The lowest BCUT2D eigenvalue weighted by atomic mass is 10.1. The molecule has 0 aliphatic heterocycles. The lowest BCUT2D eigenvalue weighted by Gasteiger charge is -2.11. The Morgan fingerprint density at radius 3 is 2.76 bits per heavy atom. The smallest absolute Gasteiger partial charge is 0.242 e. The number of anilines is 2. The van der Waals surface area contributed by atoms with Gasteiger partial charge < -0.3 is 10.5 Å². The zero-order valence-corrected chi connectivity index (χ0v) is 11.7. The fourth-order valence-corrected chi connectivity index (χ4v) is 1.69. The average Bonchev–Trinajstić information content (AvgIpc) is 2.49. The van der Waals surface area contributed by atoms with E-state index in [0.717, 1.165) is 5.56 Å². The molecular formula is C14H17N5O2. The summed E-state index contributed by atoms with van der Waals surface area (Å²) in [4.78, 5) is 19.7. The molecule has 4 N–H and O–H groups in total. The van der Waals surface area contributed by atoms with E-state index in [1.807, 2.05) is 37.3 Å². The van der Waals surface area contributed by atoms with Gasteiger partial charge in [0.2, 0.25) is 11.8 Å². The third-order valence-electron chi connectivity index (χ3n) is 2.66. The first-order chi connectivity index (χ1) is 10.2. The molecule has 1 aromatic carbocycles. The van der Waals surface area contributed by atoms with E-state index in [1.54, 1.807) is 0 Å². The van der Waals surface area contributed by atoms with Crippen molar-refractivity contribution in [3.05, 3.63) is 42.2 Å². The third kappa shape index (κ3) is 4.07. The number of nitrogens with zero attached hydrogens (tertiary/aromatic N) is 2.